The molecule has 5 nitrogen and oxygen atoms in total. The van der Waals surface area contributed by atoms with Crippen molar-refractivity contribution in [3.63, 3.8) is 0 Å². The predicted molar refractivity (Wildman–Crippen MR) is 107 cm³/mol. The van der Waals surface area contributed by atoms with Crippen molar-refractivity contribution in [2.24, 2.45) is 0 Å². The molecule has 0 unspecified atom stereocenters. The van der Waals surface area contributed by atoms with Crippen molar-refractivity contribution >= 4 is 25.7 Å². The normalized spacial score (nSPS) is 12.6. The fraction of sp³-hybridized carbons (Fsp3) is 0.526. The van der Waals surface area contributed by atoms with Gasteiger partial charge in [-0.1, -0.05) is 39.5 Å². The number of aromatic nitrogens is 1. The number of nitrogens with zero attached hydrogens (tertiary/aromatic N) is 2. The van der Waals surface area contributed by atoms with Crippen molar-refractivity contribution in [1.29, 1.82) is 0 Å². The highest BCUT2D eigenvalue weighted by molar-refractivity contribution is 6.74. The van der Waals surface area contributed by atoms with E-state index >= 15 is 0 Å². The summed E-state index contributed by atoms with van der Waals surface area (Å²) in [6, 6.07) is 0. The zero-order valence-corrected chi connectivity index (χ0v) is 17.5. The molecule has 1 aromatic heterocycles. The molecule has 0 aliphatic carbocycles. The van der Waals surface area contributed by atoms with E-state index < -0.39 is 8.32 Å². The molecule has 0 bridgehead atoms. The number of allylic oxidation sites excluding steroid dienone is 1. The molecule has 0 fully saturated rings. The Hall–Kier alpha value is -1.79. The van der Waals surface area contributed by atoms with Gasteiger partial charge in [-0.05, 0) is 44.0 Å². The highest BCUT2D eigenvalue weighted by Gasteiger charge is 2.36. The Morgan fingerprint density at radius 2 is 2.04 bits per heavy atom. The molecule has 0 amide bonds. The van der Waals surface area contributed by atoms with E-state index in [2.05, 4.69) is 45.4 Å². The lowest BCUT2D eigenvalue weighted by molar-refractivity contribution is -0.386. The van der Waals surface area contributed by atoms with E-state index in [4.69, 9.17) is 4.43 Å². The molecule has 0 aliphatic rings. The zero-order chi connectivity index (χ0) is 19.4. The molecule has 1 heterocycles. The van der Waals surface area contributed by atoms with Gasteiger partial charge in [0.25, 0.3) is 5.69 Å². The quantitative estimate of drug-likeness (QED) is 0.268. The number of rotatable bonds is 7. The zero-order valence-electron chi connectivity index (χ0n) is 16.5. The van der Waals surface area contributed by atoms with Crippen LogP contribution < -0.4 is 0 Å². The minimum absolute atomic E-state index is 0.0344. The third-order valence-electron chi connectivity index (χ3n) is 4.78. The molecule has 0 aliphatic heterocycles. The third kappa shape index (κ3) is 5.34. The maximum atomic E-state index is 11.4. The summed E-state index contributed by atoms with van der Waals surface area (Å²) in [6.07, 6.45) is 6.30. The van der Waals surface area contributed by atoms with Crippen LogP contribution in [0.2, 0.25) is 18.1 Å². The first-order valence-corrected chi connectivity index (χ1v) is 11.4. The van der Waals surface area contributed by atoms with Crippen LogP contribution in [0.1, 0.15) is 50.9 Å². The third-order valence-corrected chi connectivity index (χ3v) is 9.32. The van der Waals surface area contributed by atoms with Crippen molar-refractivity contribution in [3.05, 3.63) is 45.8 Å². The summed E-state index contributed by atoms with van der Waals surface area (Å²) in [5.41, 5.74) is 2.34. The monoisotopic (exact) mass is 362 g/mol. The second kappa shape index (κ2) is 8.06. The van der Waals surface area contributed by atoms with Gasteiger partial charge in [0.2, 0.25) is 0 Å². The van der Waals surface area contributed by atoms with E-state index in [9.17, 15) is 10.1 Å². The van der Waals surface area contributed by atoms with Gasteiger partial charge in [-0.25, -0.2) is 4.98 Å². The van der Waals surface area contributed by atoms with Crippen LogP contribution in [0.15, 0.2) is 18.9 Å². The van der Waals surface area contributed by atoms with E-state index in [0.717, 1.165) is 12.0 Å². The van der Waals surface area contributed by atoms with Gasteiger partial charge < -0.3 is 4.43 Å². The Kier molecular flexibility index (Phi) is 6.85. The summed E-state index contributed by atoms with van der Waals surface area (Å²) >= 11 is 0. The molecule has 0 N–H and O–H groups in total. The summed E-state index contributed by atoms with van der Waals surface area (Å²) in [6.45, 7) is 19.0. The smallest absolute Gasteiger partial charge is 0.298 e. The van der Waals surface area contributed by atoms with Crippen LogP contribution in [-0.4, -0.2) is 24.8 Å². The van der Waals surface area contributed by atoms with Crippen LogP contribution in [0.3, 0.4) is 0 Å². The fourth-order valence-corrected chi connectivity index (χ4v) is 3.18. The van der Waals surface area contributed by atoms with Crippen molar-refractivity contribution in [3.8, 4) is 0 Å². The molecule has 0 saturated carbocycles. The summed E-state index contributed by atoms with van der Waals surface area (Å²) in [7, 11) is -1.73. The maximum absolute atomic E-state index is 11.4. The number of hydrogen-bond donors (Lipinski definition) is 0. The van der Waals surface area contributed by atoms with Gasteiger partial charge in [0.15, 0.2) is 8.32 Å². The number of nitro groups is 1. The lowest BCUT2D eigenvalue weighted by atomic mass is 10.0. The van der Waals surface area contributed by atoms with Crippen molar-refractivity contribution in [2.45, 2.75) is 59.2 Å². The van der Waals surface area contributed by atoms with Gasteiger partial charge >= 0.3 is 0 Å². The lowest BCUT2D eigenvalue weighted by Gasteiger charge is -2.36. The molecule has 25 heavy (non-hydrogen) atoms. The molecule has 138 valence electrons. The molecular formula is C19H30N2O3Si. The van der Waals surface area contributed by atoms with Crippen LogP contribution in [0.4, 0.5) is 5.69 Å². The van der Waals surface area contributed by atoms with Gasteiger partial charge in [-0.2, -0.15) is 0 Å². The molecule has 0 saturated heterocycles. The van der Waals surface area contributed by atoms with Crippen molar-refractivity contribution in [1.82, 2.24) is 4.98 Å². The van der Waals surface area contributed by atoms with E-state index in [1.807, 2.05) is 12.2 Å². The summed E-state index contributed by atoms with van der Waals surface area (Å²) < 4.78 is 6.13. The molecule has 0 aromatic carbocycles. The van der Waals surface area contributed by atoms with Gasteiger partial charge in [-0.3, -0.25) is 10.1 Å². The van der Waals surface area contributed by atoms with Gasteiger partial charge in [-0.15, -0.1) is 0 Å². The molecule has 0 spiro atoms. The Morgan fingerprint density at radius 3 is 2.52 bits per heavy atom. The van der Waals surface area contributed by atoms with Crippen LogP contribution >= 0.6 is 0 Å². The van der Waals surface area contributed by atoms with Gasteiger partial charge in [0, 0.05) is 23.9 Å². The average molecular weight is 363 g/mol. The fourth-order valence-electron chi connectivity index (χ4n) is 2.12. The van der Waals surface area contributed by atoms with Gasteiger partial charge in [0.1, 0.15) is 5.69 Å². The second-order valence-corrected chi connectivity index (χ2v) is 12.7. The standard InChI is InChI=1S/C19H30N2O3Si/c1-14(2)17-18(21(22)23)15(3)16(13-20-17)11-9-10-12-24-25(7,8)19(4,5)6/h9,11,13H,1,10,12H2,2-8H3/b11-9+. The molecule has 1 rings (SSSR count). The largest absolute Gasteiger partial charge is 0.417 e. The maximum Gasteiger partial charge on any atom is 0.298 e. The molecule has 0 radical (unpaired) electrons. The molecule has 6 heteroatoms. The Morgan fingerprint density at radius 1 is 1.44 bits per heavy atom. The molecular weight excluding hydrogens is 332 g/mol. The highest BCUT2D eigenvalue weighted by Crippen LogP contribution is 2.36. The van der Waals surface area contributed by atoms with E-state index in [1.165, 1.54) is 0 Å². The number of hydrogen-bond acceptors (Lipinski definition) is 4. The average Bonchev–Trinajstić information content (AvgIpc) is 2.46. The first kappa shape index (κ1) is 21.2. The Labute approximate surface area is 152 Å². The highest BCUT2D eigenvalue weighted by atomic mass is 28.4. The molecule has 1 aromatic rings. The Bertz CT molecular complexity index is 689. The van der Waals surface area contributed by atoms with E-state index in [0.29, 0.717) is 23.4 Å². The van der Waals surface area contributed by atoms with E-state index in [1.54, 1.807) is 20.0 Å². The van der Waals surface area contributed by atoms with Crippen molar-refractivity contribution in [2.75, 3.05) is 6.61 Å². The van der Waals surface area contributed by atoms with Crippen LogP contribution in [-0.2, 0) is 4.43 Å². The predicted octanol–water partition coefficient (Wildman–Crippen LogP) is 5.76. The van der Waals surface area contributed by atoms with Crippen LogP contribution in [0, 0.1) is 17.0 Å². The molecule has 0 atom stereocenters. The summed E-state index contributed by atoms with van der Waals surface area (Å²) in [5.74, 6) is 0. The van der Waals surface area contributed by atoms with Crippen LogP contribution in [0.25, 0.3) is 11.6 Å². The number of pyridine rings is 1. The topological polar surface area (TPSA) is 65.3 Å². The first-order chi connectivity index (χ1) is 11.4. The van der Waals surface area contributed by atoms with Crippen LogP contribution in [0.5, 0.6) is 0 Å². The second-order valence-electron chi connectivity index (χ2n) is 7.87. The Balaban J connectivity index is 2.84. The first-order valence-electron chi connectivity index (χ1n) is 8.49. The minimum atomic E-state index is -1.73. The summed E-state index contributed by atoms with van der Waals surface area (Å²) in [5, 5.41) is 11.6. The summed E-state index contributed by atoms with van der Waals surface area (Å²) in [4.78, 5) is 15.2. The van der Waals surface area contributed by atoms with E-state index in [-0.39, 0.29) is 15.6 Å². The van der Waals surface area contributed by atoms with Crippen molar-refractivity contribution < 1.29 is 9.35 Å². The SMILES string of the molecule is C=C(C)c1ncc(/C=C/CCO[Si](C)(C)C(C)(C)C)c(C)c1[N+](=O)[O-]. The van der Waals surface area contributed by atoms with Gasteiger partial charge in [0.05, 0.1) is 4.92 Å². The lowest BCUT2D eigenvalue weighted by Crippen LogP contribution is -2.40. The minimum Gasteiger partial charge on any atom is -0.417 e.